The molecular formula is C63H117N7O6S. The number of oxime groups is 1. The molecule has 9 rings (SSSR count). The van der Waals surface area contributed by atoms with Crippen LogP contribution in [0.25, 0.3) is 0 Å². The van der Waals surface area contributed by atoms with Crippen molar-refractivity contribution < 1.29 is 27.6 Å². The summed E-state index contributed by atoms with van der Waals surface area (Å²) in [4.78, 5) is 36.7. The van der Waals surface area contributed by atoms with Gasteiger partial charge in [-0.25, -0.2) is 13.4 Å². The quantitative estimate of drug-likeness (QED) is 0.148. The summed E-state index contributed by atoms with van der Waals surface area (Å²) >= 11 is 0. The minimum atomic E-state index is -2.60. The first-order chi connectivity index (χ1) is 36.4. The molecule has 1 aromatic rings. The van der Waals surface area contributed by atoms with Crippen molar-refractivity contribution in [1.82, 2.24) is 19.6 Å². The van der Waals surface area contributed by atoms with Gasteiger partial charge in [0.25, 0.3) is 5.91 Å². The molecule has 14 heteroatoms. The number of carbonyl (C=O) groups excluding carboxylic acids is 2. The van der Waals surface area contributed by atoms with Crippen LogP contribution in [0.4, 0.5) is 5.69 Å². The highest BCUT2D eigenvalue weighted by atomic mass is 32.2. The van der Waals surface area contributed by atoms with Crippen molar-refractivity contribution in [3.8, 4) is 0 Å². The highest BCUT2D eigenvalue weighted by Gasteiger charge is 2.37. The first-order valence-corrected chi connectivity index (χ1v) is 32.4. The molecule has 446 valence electrons. The number of rotatable bonds is 12. The molecule has 0 N–H and O–H groups in total. The summed E-state index contributed by atoms with van der Waals surface area (Å²) in [7, 11) is 2.65. The Morgan fingerprint density at radius 3 is 1.66 bits per heavy atom. The topological polar surface area (TPSA) is 128 Å². The maximum absolute atomic E-state index is 11.4. The number of nitrogens with zero attached hydrogens (tertiary/aromatic N) is 7. The largest absolute Gasteiger partial charge is 0.399 e. The first kappa shape index (κ1) is 70.2. The van der Waals surface area contributed by atoms with Crippen LogP contribution in [0, 0.1) is 35.5 Å². The molecular weight excluding hydrogens is 983 g/mol. The number of ether oxygens (including phenoxy) is 1. The lowest BCUT2D eigenvalue weighted by atomic mass is 9.96. The highest BCUT2D eigenvalue weighted by molar-refractivity contribution is 7.91. The molecule has 6 heterocycles. The molecule has 4 atom stereocenters. The summed E-state index contributed by atoms with van der Waals surface area (Å²) in [5.74, 6) is 6.09. The minimum absolute atomic E-state index is 0.0451. The third-order valence-corrected chi connectivity index (χ3v) is 18.2. The van der Waals surface area contributed by atoms with Crippen molar-refractivity contribution in [1.29, 1.82) is 0 Å². The summed E-state index contributed by atoms with van der Waals surface area (Å²) in [6.07, 6.45) is 22.2. The van der Waals surface area contributed by atoms with Crippen molar-refractivity contribution in [2.45, 2.75) is 217 Å². The van der Waals surface area contributed by atoms with Crippen LogP contribution in [-0.2, 0) is 29.0 Å². The van der Waals surface area contributed by atoms with Gasteiger partial charge in [-0.3, -0.25) is 9.59 Å². The zero-order chi connectivity index (χ0) is 57.6. The number of hydrogen-bond acceptors (Lipinski definition) is 11. The van der Waals surface area contributed by atoms with Crippen molar-refractivity contribution >= 4 is 38.8 Å². The van der Waals surface area contributed by atoms with Crippen LogP contribution in [0.3, 0.4) is 0 Å². The van der Waals surface area contributed by atoms with Crippen LogP contribution in [0.2, 0.25) is 0 Å². The third-order valence-electron chi connectivity index (χ3n) is 16.3. The fourth-order valence-corrected chi connectivity index (χ4v) is 12.5. The second-order valence-corrected chi connectivity index (χ2v) is 27.4. The number of para-hydroxylation sites is 1. The molecule has 77 heavy (non-hydrogen) atoms. The number of methoxy groups -OCH3 is 1. The van der Waals surface area contributed by atoms with Gasteiger partial charge < -0.3 is 29.2 Å². The fraction of sp³-hybridized carbons (Fsp3) is 0.841. The van der Waals surface area contributed by atoms with E-state index in [1.54, 1.807) is 14.2 Å². The number of sulfone groups is 1. The van der Waals surface area contributed by atoms with Crippen LogP contribution < -0.4 is 5.01 Å². The normalized spacial score (nSPS) is 25.2. The van der Waals surface area contributed by atoms with Gasteiger partial charge in [-0.1, -0.05) is 98.5 Å². The van der Waals surface area contributed by atoms with Crippen LogP contribution in [0.1, 0.15) is 206 Å². The second kappa shape index (κ2) is 37.2. The number of carbonyl (C=O) groups is 2. The lowest BCUT2D eigenvalue weighted by Crippen LogP contribution is -2.39. The number of hydrogen-bond donors (Lipinski definition) is 0. The number of likely N-dealkylation sites (tertiary alicyclic amines) is 4. The Balaban J connectivity index is 0.000000304. The Hall–Kier alpha value is -2.91. The SMILES string of the molecule is CC(C)CN1CCCCC1.CC(CN1CCCCC1)C1CC1.CC1=NN(c2ccccc2)C(=O)C1.CC1CCS(=O)(=O)C1.CCC1(C)CCC(=O)N1C.CCN1CCCC(C)C1.CO/N=C(\C)CC(C)C.COC1(C)CC1. The van der Waals surface area contributed by atoms with E-state index in [-0.39, 0.29) is 11.4 Å². The number of hydrazone groups is 1. The van der Waals surface area contributed by atoms with E-state index in [1.807, 2.05) is 63.1 Å². The average Bonchev–Trinajstić information content (AvgIpc) is 4.31. The summed E-state index contributed by atoms with van der Waals surface area (Å²) in [5.41, 5.74) is 3.21. The minimum Gasteiger partial charge on any atom is -0.399 e. The second-order valence-electron chi connectivity index (χ2n) is 25.2. The Labute approximate surface area is 473 Å². The first-order valence-electron chi connectivity index (χ1n) is 30.6. The van der Waals surface area contributed by atoms with Gasteiger partial charge in [-0.2, -0.15) is 5.10 Å². The molecule has 0 spiro atoms. The molecule has 2 aliphatic carbocycles. The molecule has 13 nitrogen and oxygen atoms in total. The highest BCUT2D eigenvalue weighted by Crippen LogP contribution is 2.38. The summed E-state index contributed by atoms with van der Waals surface area (Å²) in [6.45, 7) is 40.2. The van der Waals surface area contributed by atoms with E-state index in [0.717, 1.165) is 72.9 Å². The van der Waals surface area contributed by atoms with Crippen molar-refractivity contribution in [3.05, 3.63) is 30.3 Å². The van der Waals surface area contributed by atoms with Gasteiger partial charge >= 0.3 is 0 Å². The number of piperidine rings is 3. The molecule has 7 fully saturated rings. The van der Waals surface area contributed by atoms with Crippen molar-refractivity contribution in [2.75, 3.05) is 96.7 Å². The maximum Gasteiger partial charge on any atom is 0.253 e. The van der Waals surface area contributed by atoms with E-state index in [2.05, 4.69) is 99.0 Å². The zero-order valence-corrected chi connectivity index (χ0v) is 53.2. The molecule has 4 unspecified atom stereocenters. The van der Waals surface area contributed by atoms with Gasteiger partial charge in [0.15, 0.2) is 9.84 Å². The van der Waals surface area contributed by atoms with Gasteiger partial charge in [0.1, 0.15) is 7.11 Å². The Kier molecular flexibility index (Phi) is 33.9. The predicted molar refractivity (Wildman–Crippen MR) is 327 cm³/mol. The van der Waals surface area contributed by atoms with Crippen molar-refractivity contribution in [3.63, 3.8) is 0 Å². The molecule has 0 bridgehead atoms. The number of benzene rings is 1. The van der Waals surface area contributed by atoms with Crippen LogP contribution in [0.15, 0.2) is 40.6 Å². The molecule has 1 aromatic carbocycles. The lowest BCUT2D eigenvalue weighted by molar-refractivity contribution is -0.129. The van der Waals surface area contributed by atoms with E-state index >= 15 is 0 Å². The Morgan fingerprint density at radius 2 is 1.32 bits per heavy atom. The molecule has 6 aliphatic heterocycles. The predicted octanol–water partition coefficient (Wildman–Crippen LogP) is 13.3. The van der Waals surface area contributed by atoms with Crippen LogP contribution in [0.5, 0.6) is 0 Å². The van der Waals surface area contributed by atoms with E-state index in [0.29, 0.717) is 41.3 Å². The van der Waals surface area contributed by atoms with Gasteiger partial charge in [-0.05, 0) is 204 Å². The fourth-order valence-electron chi connectivity index (χ4n) is 10.5. The molecule has 2 saturated carbocycles. The molecule has 0 radical (unpaired) electrons. The van der Waals surface area contributed by atoms with Crippen molar-refractivity contribution in [2.24, 2.45) is 45.8 Å². The Morgan fingerprint density at radius 1 is 0.753 bits per heavy atom. The number of amides is 2. The summed E-state index contributed by atoms with van der Waals surface area (Å²) in [5, 5.41) is 9.38. The summed E-state index contributed by atoms with van der Waals surface area (Å²) in [6, 6.07) is 9.46. The Bertz CT molecular complexity index is 1930. The smallest absolute Gasteiger partial charge is 0.253 e. The average molecular weight is 1100 g/mol. The van der Waals surface area contributed by atoms with Crippen LogP contribution in [-0.4, -0.2) is 154 Å². The molecule has 8 aliphatic rings. The van der Waals surface area contributed by atoms with E-state index in [1.165, 1.54) is 141 Å². The van der Waals surface area contributed by atoms with Crippen LogP contribution >= 0.6 is 0 Å². The zero-order valence-electron chi connectivity index (χ0n) is 52.3. The lowest BCUT2D eigenvalue weighted by Gasteiger charge is -2.30. The van der Waals surface area contributed by atoms with Gasteiger partial charge in [-0.15, -0.1) is 0 Å². The van der Waals surface area contributed by atoms with E-state index < -0.39 is 9.84 Å². The standard InChI is InChI=1S/C11H21N.C10H10N2O.C9H19N.C8H15NO.C8H17N.C7H15NO.C5H10O2S.C5H10O/c1-10(11-5-6-11)9-12-7-3-2-4-8-12;1-8-7-10(13)12(11-8)9-5-3-2-4-6-9;1-9(2)8-10-6-4-3-5-7-10;1-4-8(2)6-5-7(10)9(8)3;1-3-9-6-4-5-8(2)7-9;1-6(2)5-7(3)8-9-4;1-5-2-3-8(6,7)4-5;1-5(6-2)3-4-5/h10-11H,2-9H2,1H3;2-6H,7H2,1H3;9H,3-8H2,1-2H3;4-6H2,1-3H3;8H,3-7H2,1-2H3;6H,5H2,1-4H3;5H,2-4H2,1H3;3-4H2,1-2H3/b;;;;;8-7+;;. The van der Waals surface area contributed by atoms with E-state index in [4.69, 9.17) is 4.74 Å². The van der Waals surface area contributed by atoms with Gasteiger partial charge in [0.2, 0.25) is 5.91 Å². The van der Waals surface area contributed by atoms with E-state index in [9.17, 15) is 18.0 Å². The molecule has 0 aromatic heterocycles. The monoisotopic (exact) mass is 1100 g/mol. The number of anilines is 1. The third kappa shape index (κ3) is 31.0. The molecule has 5 saturated heterocycles. The van der Waals surface area contributed by atoms with Gasteiger partial charge in [0, 0.05) is 51.5 Å². The maximum atomic E-state index is 11.4. The molecule has 2 amide bonds. The van der Waals surface area contributed by atoms with Gasteiger partial charge in [0.05, 0.1) is 34.9 Å². The summed E-state index contributed by atoms with van der Waals surface area (Å²) < 4.78 is 26.3.